The largest absolute Gasteiger partial charge is 0.445 e. The van der Waals surface area contributed by atoms with Crippen molar-refractivity contribution in [1.82, 2.24) is 10.3 Å². The quantitative estimate of drug-likeness (QED) is 0.882. The Balaban J connectivity index is 1.66. The number of amides is 1. The number of oxazole rings is 1. The normalized spacial score (nSPS) is 20.7. The van der Waals surface area contributed by atoms with Crippen molar-refractivity contribution >= 4 is 17.2 Å². The van der Waals surface area contributed by atoms with Gasteiger partial charge in [-0.2, -0.15) is 0 Å². The standard InChI is InChI=1S/C15H18N2O4S/c1-15(19,11-5-3-7-22-11)8-16-14(18)12-13(21-9-17-12)10-4-2-6-20-10/h3,5,7,9-10,19H,2,4,6,8H2,1H3,(H,16,18). The minimum absolute atomic E-state index is 0.101. The highest BCUT2D eigenvalue weighted by molar-refractivity contribution is 7.10. The van der Waals surface area contributed by atoms with Gasteiger partial charge >= 0.3 is 0 Å². The number of aromatic nitrogens is 1. The minimum Gasteiger partial charge on any atom is -0.445 e. The van der Waals surface area contributed by atoms with E-state index in [9.17, 15) is 9.90 Å². The second kappa shape index (κ2) is 6.20. The molecule has 7 heteroatoms. The molecule has 118 valence electrons. The summed E-state index contributed by atoms with van der Waals surface area (Å²) in [4.78, 5) is 17.1. The van der Waals surface area contributed by atoms with Crippen molar-refractivity contribution < 1.29 is 19.1 Å². The van der Waals surface area contributed by atoms with Crippen molar-refractivity contribution in [3.63, 3.8) is 0 Å². The Morgan fingerprint density at radius 1 is 1.64 bits per heavy atom. The van der Waals surface area contributed by atoms with Crippen LogP contribution in [0.4, 0.5) is 0 Å². The molecule has 1 aliphatic rings. The molecule has 1 amide bonds. The van der Waals surface area contributed by atoms with E-state index >= 15 is 0 Å². The van der Waals surface area contributed by atoms with Gasteiger partial charge in [0.15, 0.2) is 17.8 Å². The molecule has 0 spiro atoms. The molecule has 1 aliphatic heterocycles. The van der Waals surface area contributed by atoms with E-state index in [2.05, 4.69) is 10.3 Å². The van der Waals surface area contributed by atoms with Crippen molar-refractivity contribution in [3.8, 4) is 0 Å². The lowest BCUT2D eigenvalue weighted by Crippen LogP contribution is -2.38. The molecule has 3 heterocycles. The van der Waals surface area contributed by atoms with Gasteiger partial charge in [-0.15, -0.1) is 11.3 Å². The fourth-order valence-corrected chi connectivity index (χ4v) is 3.23. The van der Waals surface area contributed by atoms with Crippen LogP contribution in [0.25, 0.3) is 0 Å². The molecule has 0 saturated carbocycles. The molecule has 22 heavy (non-hydrogen) atoms. The zero-order valence-corrected chi connectivity index (χ0v) is 13.1. The number of nitrogens with one attached hydrogen (secondary N) is 1. The second-order valence-corrected chi connectivity index (χ2v) is 6.45. The van der Waals surface area contributed by atoms with Crippen LogP contribution in [0.1, 0.15) is 47.0 Å². The zero-order valence-electron chi connectivity index (χ0n) is 12.2. The highest BCUT2D eigenvalue weighted by Gasteiger charge is 2.30. The van der Waals surface area contributed by atoms with Crippen LogP contribution in [0, 0.1) is 0 Å². The highest BCUT2D eigenvalue weighted by Crippen LogP contribution is 2.30. The number of aliphatic hydroxyl groups is 1. The van der Waals surface area contributed by atoms with Crippen LogP contribution in [0.5, 0.6) is 0 Å². The highest BCUT2D eigenvalue weighted by atomic mass is 32.1. The van der Waals surface area contributed by atoms with Gasteiger partial charge in [-0.1, -0.05) is 6.07 Å². The van der Waals surface area contributed by atoms with E-state index in [0.717, 1.165) is 17.7 Å². The van der Waals surface area contributed by atoms with Gasteiger partial charge in [0.2, 0.25) is 0 Å². The van der Waals surface area contributed by atoms with Gasteiger partial charge in [-0.3, -0.25) is 4.79 Å². The van der Waals surface area contributed by atoms with E-state index in [1.54, 1.807) is 6.92 Å². The summed E-state index contributed by atoms with van der Waals surface area (Å²) in [6, 6.07) is 3.70. The van der Waals surface area contributed by atoms with Crippen LogP contribution in [-0.2, 0) is 10.3 Å². The lowest BCUT2D eigenvalue weighted by atomic mass is 10.1. The Hall–Kier alpha value is -1.70. The molecule has 2 N–H and O–H groups in total. The van der Waals surface area contributed by atoms with Crippen LogP contribution in [0.2, 0.25) is 0 Å². The number of hydrogen-bond acceptors (Lipinski definition) is 6. The molecule has 2 atom stereocenters. The van der Waals surface area contributed by atoms with E-state index in [4.69, 9.17) is 9.15 Å². The number of carbonyl (C=O) groups excluding carboxylic acids is 1. The SMILES string of the molecule is CC(O)(CNC(=O)c1ncoc1C1CCCO1)c1cccs1. The summed E-state index contributed by atoms with van der Waals surface area (Å²) in [5.41, 5.74) is -0.883. The molecular weight excluding hydrogens is 304 g/mol. The summed E-state index contributed by atoms with van der Waals surface area (Å²) in [7, 11) is 0. The van der Waals surface area contributed by atoms with E-state index in [1.165, 1.54) is 17.7 Å². The molecule has 2 aromatic heterocycles. The van der Waals surface area contributed by atoms with Gasteiger partial charge in [0.05, 0.1) is 6.54 Å². The molecule has 1 fully saturated rings. The lowest BCUT2D eigenvalue weighted by molar-refractivity contribution is 0.0550. The molecule has 3 rings (SSSR count). The van der Waals surface area contributed by atoms with Gasteiger partial charge < -0.3 is 19.6 Å². The van der Waals surface area contributed by atoms with Gasteiger partial charge in [0, 0.05) is 11.5 Å². The summed E-state index contributed by atoms with van der Waals surface area (Å²) >= 11 is 1.45. The summed E-state index contributed by atoms with van der Waals surface area (Å²) < 4.78 is 10.8. The summed E-state index contributed by atoms with van der Waals surface area (Å²) in [6.07, 6.45) is 2.81. The van der Waals surface area contributed by atoms with Crippen molar-refractivity contribution in [2.45, 2.75) is 31.5 Å². The molecule has 2 aromatic rings. The monoisotopic (exact) mass is 322 g/mol. The van der Waals surface area contributed by atoms with Gasteiger partial charge in [0.1, 0.15) is 11.7 Å². The number of hydrogen-bond donors (Lipinski definition) is 2. The first kappa shape index (κ1) is 15.2. The summed E-state index contributed by atoms with van der Waals surface area (Å²) in [6.45, 7) is 2.44. The maximum absolute atomic E-state index is 12.3. The van der Waals surface area contributed by atoms with Crippen molar-refractivity contribution in [1.29, 1.82) is 0 Å². The predicted molar refractivity (Wildman–Crippen MR) is 80.7 cm³/mol. The molecule has 6 nitrogen and oxygen atoms in total. The third-order valence-electron chi connectivity index (χ3n) is 3.68. The minimum atomic E-state index is -1.11. The van der Waals surface area contributed by atoms with Crippen LogP contribution >= 0.6 is 11.3 Å². The molecule has 0 radical (unpaired) electrons. The predicted octanol–water partition coefficient (Wildman–Crippen LogP) is 2.23. The fourth-order valence-electron chi connectivity index (χ4n) is 2.45. The Labute approximate surface area is 132 Å². The molecule has 2 unspecified atom stereocenters. The second-order valence-electron chi connectivity index (χ2n) is 5.50. The third-order valence-corrected chi connectivity index (χ3v) is 4.80. The first-order chi connectivity index (χ1) is 10.6. The molecule has 0 aliphatic carbocycles. The number of rotatable bonds is 5. The van der Waals surface area contributed by atoms with E-state index in [0.29, 0.717) is 12.4 Å². The van der Waals surface area contributed by atoms with E-state index < -0.39 is 5.60 Å². The van der Waals surface area contributed by atoms with Crippen LogP contribution in [0.15, 0.2) is 28.3 Å². The maximum atomic E-state index is 12.3. The number of ether oxygens (including phenoxy) is 1. The Kier molecular flexibility index (Phi) is 4.28. The molecule has 1 saturated heterocycles. The Morgan fingerprint density at radius 3 is 3.18 bits per heavy atom. The zero-order chi connectivity index (χ0) is 15.6. The number of thiophene rings is 1. The van der Waals surface area contributed by atoms with E-state index in [1.807, 2.05) is 17.5 Å². The molecule has 0 bridgehead atoms. The van der Waals surface area contributed by atoms with Crippen LogP contribution < -0.4 is 5.32 Å². The Morgan fingerprint density at radius 2 is 2.50 bits per heavy atom. The third kappa shape index (κ3) is 3.06. The smallest absolute Gasteiger partial charge is 0.273 e. The van der Waals surface area contributed by atoms with Crippen molar-refractivity contribution in [3.05, 3.63) is 40.2 Å². The van der Waals surface area contributed by atoms with Crippen molar-refractivity contribution in [2.75, 3.05) is 13.2 Å². The average molecular weight is 322 g/mol. The topological polar surface area (TPSA) is 84.6 Å². The average Bonchev–Trinajstić information content (AvgIpc) is 3.26. The first-order valence-electron chi connectivity index (χ1n) is 7.17. The Bertz CT molecular complexity index is 630. The van der Waals surface area contributed by atoms with Gasteiger partial charge in [-0.25, -0.2) is 4.98 Å². The van der Waals surface area contributed by atoms with Crippen LogP contribution in [0.3, 0.4) is 0 Å². The van der Waals surface area contributed by atoms with Crippen LogP contribution in [-0.4, -0.2) is 29.1 Å². The lowest BCUT2D eigenvalue weighted by Gasteiger charge is -2.22. The summed E-state index contributed by atoms with van der Waals surface area (Å²) in [5, 5.41) is 15.0. The number of nitrogens with zero attached hydrogens (tertiary/aromatic N) is 1. The molecular formula is C15H18N2O4S. The van der Waals surface area contributed by atoms with Gasteiger partial charge in [0.25, 0.3) is 5.91 Å². The fraction of sp³-hybridized carbons (Fsp3) is 0.467. The number of carbonyl (C=O) groups is 1. The summed E-state index contributed by atoms with van der Waals surface area (Å²) in [5.74, 6) is 0.0989. The maximum Gasteiger partial charge on any atom is 0.273 e. The first-order valence-corrected chi connectivity index (χ1v) is 8.05. The van der Waals surface area contributed by atoms with Crippen molar-refractivity contribution in [2.24, 2.45) is 0 Å². The molecule has 0 aromatic carbocycles. The van der Waals surface area contributed by atoms with E-state index in [-0.39, 0.29) is 24.2 Å². The van der Waals surface area contributed by atoms with Gasteiger partial charge in [-0.05, 0) is 31.2 Å².